The van der Waals surface area contributed by atoms with E-state index in [2.05, 4.69) is 13.2 Å². The van der Waals surface area contributed by atoms with Crippen molar-refractivity contribution in [2.75, 3.05) is 13.2 Å². The molecule has 0 spiro atoms. The van der Waals surface area contributed by atoms with Crippen LogP contribution in [0.5, 0.6) is 0 Å². The molecule has 0 unspecified atom stereocenters. The molecule has 0 saturated carbocycles. The van der Waals surface area contributed by atoms with Gasteiger partial charge >= 0.3 is 6.09 Å². The van der Waals surface area contributed by atoms with Gasteiger partial charge < -0.3 is 19.3 Å². The first-order valence-corrected chi connectivity index (χ1v) is 9.08. The van der Waals surface area contributed by atoms with Crippen LogP contribution in [0.3, 0.4) is 0 Å². The molecule has 6 nitrogen and oxygen atoms in total. The van der Waals surface area contributed by atoms with E-state index in [-0.39, 0.29) is 13.2 Å². The molecular weight excluding hydrogens is 346 g/mol. The summed E-state index contributed by atoms with van der Waals surface area (Å²) in [6.07, 6.45) is 1.62. The Labute approximate surface area is 161 Å². The lowest BCUT2D eigenvalue weighted by Gasteiger charge is -2.46. The summed E-state index contributed by atoms with van der Waals surface area (Å²) in [6.45, 7) is 11.7. The minimum atomic E-state index is -0.939. The van der Waals surface area contributed by atoms with Crippen LogP contribution in [0.1, 0.15) is 25.8 Å². The van der Waals surface area contributed by atoms with Crippen LogP contribution >= 0.6 is 0 Å². The Hall–Kier alpha value is -2.15. The van der Waals surface area contributed by atoms with Gasteiger partial charge in [-0.1, -0.05) is 42.5 Å². The fourth-order valence-electron chi connectivity index (χ4n) is 2.95. The summed E-state index contributed by atoms with van der Waals surface area (Å²) >= 11 is 0. The van der Waals surface area contributed by atoms with E-state index in [0.717, 1.165) is 5.56 Å². The van der Waals surface area contributed by atoms with Gasteiger partial charge in [0.1, 0.15) is 18.8 Å². The standard InChI is InChI=1S/C21H29NO5/c1-5-7-13-22(20(24)25-14-16-11-9-8-10-12-16)17-15-26-21(3,4)27-19(17)18(23)6-2/h5-6,8-12,17-19,23H,1-2,7,13-15H2,3-4H3/t17-,18+,19+/m0/s1. The maximum atomic E-state index is 12.8. The summed E-state index contributed by atoms with van der Waals surface area (Å²) in [6, 6.07) is 8.96. The van der Waals surface area contributed by atoms with E-state index in [4.69, 9.17) is 14.2 Å². The summed E-state index contributed by atoms with van der Waals surface area (Å²) in [5, 5.41) is 10.4. The molecule has 0 radical (unpaired) electrons. The van der Waals surface area contributed by atoms with E-state index in [1.807, 2.05) is 30.3 Å². The number of carbonyl (C=O) groups is 1. The molecule has 2 rings (SSSR count). The highest BCUT2D eigenvalue weighted by molar-refractivity contribution is 5.68. The highest BCUT2D eigenvalue weighted by atomic mass is 16.7. The Morgan fingerprint density at radius 2 is 2.11 bits per heavy atom. The third kappa shape index (κ3) is 5.92. The fourth-order valence-corrected chi connectivity index (χ4v) is 2.95. The molecule has 1 heterocycles. The van der Waals surface area contributed by atoms with Gasteiger partial charge in [0, 0.05) is 6.54 Å². The number of nitrogens with zero attached hydrogens (tertiary/aromatic N) is 1. The predicted octanol–water partition coefficient (Wildman–Crippen LogP) is 3.27. The van der Waals surface area contributed by atoms with Crippen LogP contribution < -0.4 is 0 Å². The van der Waals surface area contributed by atoms with Crippen LogP contribution in [0.25, 0.3) is 0 Å². The molecule has 1 aromatic carbocycles. The van der Waals surface area contributed by atoms with Gasteiger partial charge in [-0.15, -0.1) is 13.2 Å². The maximum absolute atomic E-state index is 12.8. The van der Waals surface area contributed by atoms with Crippen molar-refractivity contribution < 1.29 is 24.1 Å². The van der Waals surface area contributed by atoms with Crippen LogP contribution in [0.2, 0.25) is 0 Å². The van der Waals surface area contributed by atoms with Gasteiger partial charge in [0.25, 0.3) is 0 Å². The lowest BCUT2D eigenvalue weighted by Crippen LogP contribution is -2.61. The molecule has 1 aliphatic heterocycles. The largest absolute Gasteiger partial charge is 0.445 e. The van der Waals surface area contributed by atoms with Crippen molar-refractivity contribution in [2.24, 2.45) is 0 Å². The lowest BCUT2D eigenvalue weighted by atomic mass is 10.0. The molecule has 1 amide bonds. The van der Waals surface area contributed by atoms with Crippen LogP contribution in [0, 0.1) is 0 Å². The summed E-state index contributed by atoms with van der Waals surface area (Å²) in [7, 11) is 0. The van der Waals surface area contributed by atoms with Crippen molar-refractivity contribution >= 4 is 6.09 Å². The zero-order valence-corrected chi connectivity index (χ0v) is 16.0. The van der Waals surface area contributed by atoms with Crippen molar-refractivity contribution in [3.63, 3.8) is 0 Å². The Morgan fingerprint density at radius 1 is 1.41 bits per heavy atom. The smallest absolute Gasteiger partial charge is 0.410 e. The first-order chi connectivity index (χ1) is 12.9. The molecule has 6 heteroatoms. The summed E-state index contributed by atoms with van der Waals surface area (Å²) in [5.41, 5.74) is 0.898. The number of hydrogen-bond acceptors (Lipinski definition) is 5. The van der Waals surface area contributed by atoms with Gasteiger partial charge in [-0.05, 0) is 25.8 Å². The maximum Gasteiger partial charge on any atom is 0.410 e. The topological polar surface area (TPSA) is 68.2 Å². The van der Waals surface area contributed by atoms with Crippen LogP contribution in [0.15, 0.2) is 55.6 Å². The minimum absolute atomic E-state index is 0.166. The van der Waals surface area contributed by atoms with Crippen molar-refractivity contribution in [2.45, 2.75) is 50.9 Å². The van der Waals surface area contributed by atoms with E-state index >= 15 is 0 Å². The zero-order chi connectivity index (χ0) is 19.9. The molecule has 1 N–H and O–H groups in total. The average Bonchev–Trinajstić information content (AvgIpc) is 2.67. The minimum Gasteiger partial charge on any atom is -0.445 e. The zero-order valence-electron chi connectivity index (χ0n) is 16.0. The number of hydrogen-bond donors (Lipinski definition) is 1. The molecule has 3 atom stereocenters. The summed E-state index contributed by atoms with van der Waals surface area (Å²) in [4.78, 5) is 14.3. The van der Waals surface area contributed by atoms with E-state index in [1.54, 1.807) is 19.9 Å². The Balaban J connectivity index is 2.15. The molecule has 0 aliphatic carbocycles. The predicted molar refractivity (Wildman–Crippen MR) is 103 cm³/mol. The third-order valence-corrected chi connectivity index (χ3v) is 4.39. The van der Waals surface area contributed by atoms with Gasteiger partial charge in [-0.3, -0.25) is 4.90 Å². The number of aliphatic hydroxyl groups excluding tert-OH is 1. The second-order valence-corrected chi connectivity index (χ2v) is 6.90. The van der Waals surface area contributed by atoms with Gasteiger partial charge in [0.15, 0.2) is 5.79 Å². The molecule has 148 valence electrons. The van der Waals surface area contributed by atoms with E-state index in [1.165, 1.54) is 11.0 Å². The highest BCUT2D eigenvalue weighted by Crippen LogP contribution is 2.28. The van der Waals surface area contributed by atoms with Gasteiger partial charge in [0.2, 0.25) is 0 Å². The molecule has 1 aromatic rings. The van der Waals surface area contributed by atoms with Crippen LogP contribution in [-0.2, 0) is 20.8 Å². The number of benzene rings is 1. The first-order valence-electron chi connectivity index (χ1n) is 9.08. The number of aliphatic hydroxyl groups is 1. The van der Waals surface area contributed by atoms with E-state index in [9.17, 15) is 9.90 Å². The molecule has 1 fully saturated rings. The van der Waals surface area contributed by atoms with Gasteiger partial charge in [-0.2, -0.15) is 0 Å². The number of rotatable bonds is 8. The quantitative estimate of drug-likeness (QED) is 0.707. The monoisotopic (exact) mass is 375 g/mol. The fraction of sp³-hybridized carbons (Fsp3) is 0.476. The lowest BCUT2D eigenvalue weighted by molar-refractivity contribution is -0.302. The van der Waals surface area contributed by atoms with Gasteiger partial charge in [0.05, 0.1) is 12.6 Å². The van der Waals surface area contributed by atoms with Crippen LogP contribution in [-0.4, -0.2) is 53.3 Å². The van der Waals surface area contributed by atoms with Gasteiger partial charge in [-0.25, -0.2) is 4.79 Å². The highest BCUT2D eigenvalue weighted by Gasteiger charge is 2.44. The first kappa shape index (κ1) is 21.2. The Bertz CT molecular complexity index is 631. The molecule has 1 aliphatic rings. The number of ether oxygens (including phenoxy) is 3. The second-order valence-electron chi connectivity index (χ2n) is 6.90. The molecule has 27 heavy (non-hydrogen) atoms. The average molecular weight is 375 g/mol. The summed E-state index contributed by atoms with van der Waals surface area (Å²) < 4.78 is 17.1. The second kappa shape index (κ2) is 9.69. The van der Waals surface area contributed by atoms with Crippen molar-refractivity contribution in [1.82, 2.24) is 4.90 Å². The SMILES string of the molecule is C=CCCN(C(=O)OCc1ccccc1)[C@H]1COC(C)(C)O[C@H]1[C@H](O)C=C. The Kier molecular flexibility index (Phi) is 7.59. The third-order valence-electron chi connectivity index (χ3n) is 4.39. The van der Waals surface area contributed by atoms with Crippen molar-refractivity contribution in [3.8, 4) is 0 Å². The molecule has 0 bridgehead atoms. The number of amides is 1. The van der Waals surface area contributed by atoms with E-state index < -0.39 is 30.1 Å². The normalized spacial score (nSPS) is 22.5. The summed E-state index contributed by atoms with van der Waals surface area (Å²) in [5.74, 6) is -0.858. The molecule has 1 saturated heterocycles. The van der Waals surface area contributed by atoms with Crippen LogP contribution in [0.4, 0.5) is 4.79 Å². The van der Waals surface area contributed by atoms with Crippen molar-refractivity contribution in [1.29, 1.82) is 0 Å². The Morgan fingerprint density at radius 3 is 2.74 bits per heavy atom. The number of carbonyl (C=O) groups excluding carboxylic acids is 1. The molecular formula is C21H29NO5. The van der Waals surface area contributed by atoms with E-state index in [0.29, 0.717) is 13.0 Å². The van der Waals surface area contributed by atoms with Crippen molar-refractivity contribution in [3.05, 3.63) is 61.2 Å². The molecule has 0 aromatic heterocycles.